The van der Waals surface area contributed by atoms with Gasteiger partial charge in [0.15, 0.2) is 10.8 Å². The predicted molar refractivity (Wildman–Crippen MR) is 159 cm³/mol. The van der Waals surface area contributed by atoms with Crippen molar-refractivity contribution < 1.29 is 24.7 Å². The lowest BCUT2D eigenvalue weighted by atomic mass is 9.87. The third-order valence-electron chi connectivity index (χ3n) is 6.41. The summed E-state index contributed by atoms with van der Waals surface area (Å²) in [7, 11) is 0. The molecule has 2 unspecified atom stereocenters. The molecule has 2 aliphatic heterocycles. The molecule has 2 amide bonds. The molecule has 3 aromatic heterocycles. The fraction of sp³-hybridized carbons (Fsp3) is 0.304. The topological polar surface area (TPSA) is 201 Å². The van der Waals surface area contributed by atoms with E-state index in [-0.39, 0.29) is 34.3 Å². The van der Waals surface area contributed by atoms with Crippen molar-refractivity contribution in [3.05, 3.63) is 49.8 Å². The highest BCUT2D eigenvalue weighted by molar-refractivity contribution is 8.04. The summed E-state index contributed by atoms with van der Waals surface area (Å²) in [5.74, 6) is -2.18. The van der Waals surface area contributed by atoms with Gasteiger partial charge in [0.1, 0.15) is 22.5 Å². The van der Waals surface area contributed by atoms with Crippen LogP contribution < -0.4 is 22.2 Å². The van der Waals surface area contributed by atoms with Crippen LogP contribution >= 0.6 is 57.5 Å². The second-order valence-electron chi connectivity index (χ2n) is 8.87. The van der Waals surface area contributed by atoms with Crippen molar-refractivity contribution in [2.24, 2.45) is 16.3 Å². The highest BCUT2D eigenvalue weighted by Gasteiger charge is 2.57. The zero-order valence-electron chi connectivity index (χ0n) is 20.4. The Kier molecular flexibility index (Phi) is 8.21. The molecule has 0 spiro atoms. The molecule has 40 heavy (non-hydrogen) atoms. The molecule has 5 heterocycles. The largest absolute Gasteiger partial charge is 0.481 e. The number of nitrogens with one attached hydrogen (secondary N) is 1. The van der Waals surface area contributed by atoms with Crippen LogP contribution in [0.15, 0.2) is 42.5 Å². The van der Waals surface area contributed by atoms with Crippen LogP contribution in [0.5, 0.6) is 0 Å². The fourth-order valence-corrected chi connectivity index (χ4v) is 9.76. The van der Waals surface area contributed by atoms with Crippen molar-refractivity contribution in [2.75, 3.05) is 24.6 Å². The van der Waals surface area contributed by atoms with Gasteiger partial charge >= 0.3 is 5.97 Å². The highest BCUT2D eigenvalue weighted by atomic mass is 32.2. The maximum absolute atomic E-state index is 12.9. The number of rotatable bonds is 9. The molecule has 5 rings (SSSR count). The summed E-state index contributed by atoms with van der Waals surface area (Å²) in [6.45, 7) is 0.229. The fourth-order valence-electron chi connectivity index (χ4n) is 4.33. The molecule has 3 aromatic rings. The number of β-lactam (4-membered cyclic amide) rings is 1. The first-order valence-electron chi connectivity index (χ1n) is 11.7. The third-order valence-corrected chi connectivity index (χ3v) is 11.9. The zero-order chi connectivity index (χ0) is 28.6. The summed E-state index contributed by atoms with van der Waals surface area (Å²) >= 11 is 6.41. The molecular weight excluding hydrogens is 617 g/mol. The maximum atomic E-state index is 12.9. The number of thiazole rings is 1. The average molecular weight is 639 g/mol. The second-order valence-corrected chi connectivity index (χ2v) is 14.0. The molecule has 210 valence electrons. The van der Waals surface area contributed by atoms with Crippen molar-refractivity contribution >= 4 is 95.6 Å². The van der Waals surface area contributed by atoms with Gasteiger partial charge in [0.2, 0.25) is 11.3 Å². The smallest absolute Gasteiger partial charge is 0.316 e. The van der Waals surface area contributed by atoms with Crippen LogP contribution in [0, 0.1) is 5.41 Å². The molecule has 2 saturated heterocycles. The van der Waals surface area contributed by atoms with Crippen LogP contribution in [0.4, 0.5) is 5.13 Å². The number of aromatic nitrogens is 1. The number of hydrogen-bond donors (Lipinski definition) is 5. The summed E-state index contributed by atoms with van der Waals surface area (Å²) in [6, 6.07) is 0.971. The summed E-state index contributed by atoms with van der Waals surface area (Å²) < 4.78 is 2.30. The van der Waals surface area contributed by atoms with Gasteiger partial charge in [0.25, 0.3) is 5.91 Å². The molecular formula is C23H22N6O6S5. The molecule has 3 atom stereocenters. The van der Waals surface area contributed by atoms with E-state index in [1.165, 1.54) is 56.5 Å². The Hall–Kier alpha value is -2.96. The number of anilines is 1. The first-order valence-corrected chi connectivity index (χ1v) is 16.2. The quantitative estimate of drug-likeness (QED) is 0.0752. The molecule has 2 aliphatic rings. The molecule has 0 aromatic carbocycles. The minimum absolute atomic E-state index is 0.0546. The van der Waals surface area contributed by atoms with Crippen LogP contribution in [0.2, 0.25) is 0 Å². The lowest BCUT2D eigenvalue weighted by Gasteiger charge is -2.53. The number of aliphatic carboxylic acids is 1. The van der Waals surface area contributed by atoms with Gasteiger partial charge < -0.3 is 32.0 Å². The van der Waals surface area contributed by atoms with Crippen LogP contribution in [0.1, 0.15) is 11.3 Å². The number of carbonyl (C=O) groups excluding carboxylic acids is 2. The Morgan fingerprint density at radius 2 is 2.15 bits per heavy atom. The van der Waals surface area contributed by atoms with Crippen molar-refractivity contribution in [1.29, 1.82) is 0 Å². The van der Waals surface area contributed by atoms with Crippen LogP contribution in [0.25, 0.3) is 9.40 Å². The number of thiophene rings is 1. The lowest BCUT2D eigenvalue weighted by Crippen LogP contribution is -2.73. The number of carboxylic acids is 1. The SMILES string of the molecule is NCCc1c(SC=CC2(C(=O)O)CS[C@@H]3C(NC(=O)C(=NO)c4csc(N)n4)C(=O)N3C2)sc2ccsc2c1=O. The third kappa shape index (κ3) is 5.12. The molecule has 0 bridgehead atoms. The van der Waals surface area contributed by atoms with E-state index in [1.807, 2.05) is 11.4 Å². The summed E-state index contributed by atoms with van der Waals surface area (Å²) in [4.78, 5) is 56.3. The number of nitrogens with zero attached hydrogens (tertiary/aromatic N) is 3. The lowest BCUT2D eigenvalue weighted by molar-refractivity contribution is -0.156. The molecule has 12 nitrogen and oxygen atoms in total. The van der Waals surface area contributed by atoms with Crippen molar-refractivity contribution in [3.63, 3.8) is 0 Å². The number of thioether (sulfide) groups is 2. The first kappa shape index (κ1) is 28.6. The predicted octanol–water partition coefficient (Wildman–Crippen LogP) is 1.82. The van der Waals surface area contributed by atoms with E-state index in [1.54, 1.807) is 11.5 Å². The van der Waals surface area contributed by atoms with E-state index >= 15 is 0 Å². The van der Waals surface area contributed by atoms with Crippen molar-refractivity contribution in [2.45, 2.75) is 22.0 Å². The Morgan fingerprint density at radius 3 is 2.83 bits per heavy atom. The van der Waals surface area contributed by atoms with E-state index in [0.29, 0.717) is 23.2 Å². The van der Waals surface area contributed by atoms with Gasteiger partial charge in [-0.25, -0.2) is 4.98 Å². The van der Waals surface area contributed by atoms with Gasteiger partial charge in [0, 0.05) is 23.2 Å². The number of carbonyl (C=O) groups is 3. The second kappa shape index (κ2) is 11.5. The van der Waals surface area contributed by atoms with Gasteiger partial charge in [0.05, 0.1) is 13.6 Å². The standard InChI is InChI=1S/C23H22N6O6S5/c24-4-1-10-15(30)16-12(2-5-36-16)40-20(10)37-6-3-23(21(33)34)8-29-18(32)14(19(29)39-9-23)27-17(31)13(28-35)11-7-38-22(25)26-11/h2-3,5-7,14,19,35H,1,4,8-9,24H2,(H2,25,26)(H,27,31)(H,33,34)/t14?,19-,23?/m1/s1. The number of amides is 2. The first-order chi connectivity index (χ1) is 19.2. The number of fused-ring (bicyclic) bond motifs is 2. The summed E-state index contributed by atoms with van der Waals surface area (Å²) in [5, 5.41) is 29.7. The maximum Gasteiger partial charge on any atom is 0.316 e. The Morgan fingerprint density at radius 1 is 1.35 bits per heavy atom. The molecule has 0 aliphatic carbocycles. The van der Waals surface area contributed by atoms with Gasteiger partial charge in [-0.05, 0) is 29.8 Å². The molecule has 7 N–H and O–H groups in total. The Labute approximate surface area is 247 Å². The highest BCUT2D eigenvalue weighted by Crippen LogP contribution is 2.44. The normalized spacial score (nSPS) is 22.9. The Balaban J connectivity index is 1.29. The number of oxime groups is 1. The molecule has 0 radical (unpaired) electrons. The van der Waals surface area contributed by atoms with Gasteiger partial charge in [-0.2, -0.15) is 0 Å². The molecule has 2 fully saturated rings. The minimum atomic E-state index is -1.36. The van der Waals surface area contributed by atoms with E-state index in [4.69, 9.17) is 11.5 Å². The number of nitrogens with two attached hydrogens (primary N) is 2. The zero-order valence-corrected chi connectivity index (χ0v) is 24.5. The minimum Gasteiger partial charge on any atom is -0.481 e. The molecule has 0 saturated carbocycles. The van der Waals surface area contributed by atoms with E-state index < -0.39 is 34.6 Å². The van der Waals surface area contributed by atoms with Crippen molar-refractivity contribution in [3.8, 4) is 0 Å². The van der Waals surface area contributed by atoms with Crippen LogP contribution in [0.3, 0.4) is 0 Å². The Bertz CT molecular complexity index is 1610. The monoisotopic (exact) mass is 638 g/mol. The van der Waals surface area contributed by atoms with E-state index in [9.17, 15) is 29.5 Å². The average Bonchev–Trinajstić information content (AvgIpc) is 3.58. The van der Waals surface area contributed by atoms with Gasteiger partial charge in [-0.1, -0.05) is 23.0 Å². The number of hydrogen-bond acceptors (Lipinski definition) is 14. The number of carboxylic acid groups (broad SMARTS) is 1. The van der Waals surface area contributed by atoms with E-state index in [2.05, 4.69) is 15.5 Å². The van der Waals surface area contributed by atoms with Crippen LogP contribution in [-0.4, -0.2) is 74.0 Å². The van der Waals surface area contributed by atoms with Gasteiger partial charge in [-0.3, -0.25) is 19.2 Å². The molecule has 17 heteroatoms. The van der Waals surface area contributed by atoms with Gasteiger partial charge in [-0.15, -0.1) is 45.8 Å². The number of nitrogen functional groups attached to an aromatic ring is 1. The summed E-state index contributed by atoms with van der Waals surface area (Å²) in [6.07, 6.45) is 1.97. The summed E-state index contributed by atoms with van der Waals surface area (Å²) in [5.41, 5.74) is 10.2. The van der Waals surface area contributed by atoms with Crippen molar-refractivity contribution in [1.82, 2.24) is 15.2 Å². The van der Waals surface area contributed by atoms with E-state index in [0.717, 1.165) is 20.2 Å². The van der Waals surface area contributed by atoms with Crippen LogP contribution in [-0.2, 0) is 20.8 Å².